The summed E-state index contributed by atoms with van der Waals surface area (Å²) in [6, 6.07) is 0.664. The molecule has 0 saturated carbocycles. The first kappa shape index (κ1) is 16.3. The molecule has 0 bridgehead atoms. The maximum atomic E-state index is 3.70. The second kappa shape index (κ2) is 6.62. The van der Waals surface area contributed by atoms with Crippen molar-refractivity contribution >= 4 is 11.8 Å². The summed E-state index contributed by atoms with van der Waals surface area (Å²) in [7, 11) is 0. The van der Waals surface area contributed by atoms with Crippen molar-refractivity contribution in [1.82, 2.24) is 10.2 Å². The second-order valence-electron chi connectivity index (χ2n) is 7.17. The highest BCUT2D eigenvalue weighted by atomic mass is 32.2. The maximum absolute atomic E-state index is 3.70. The third-order valence-electron chi connectivity index (χ3n) is 3.75. The molecule has 0 aromatic heterocycles. The third-order valence-corrected chi connectivity index (χ3v) is 4.74. The Morgan fingerprint density at radius 3 is 2.56 bits per heavy atom. The average Bonchev–Trinajstić information content (AvgIpc) is 2.21. The number of thioether (sulfide) groups is 1. The van der Waals surface area contributed by atoms with E-state index in [2.05, 4.69) is 63.5 Å². The fourth-order valence-electron chi connectivity index (χ4n) is 2.78. The third kappa shape index (κ3) is 5.10. The molecule has 0 spiro atoms. The molecule has 1 rings (SSSR count). The Morgan fingerprint density at radius 2 is 2.00 bits per heavy atom. The Morgan fingerprint density at radius 1 is 1.33 bits per heavy atom. The molecule has 1 saturated heterocycles. The standard InChI is InChI=1S/C15H32N2S/c1-7-18-10-8-9-17-12-15(5,6)16-11-13(17)14(2,3)4/h13,16H,7-12H2,1-6H3. The van der Waals surface area contributed by atoms with Gasteiger partial charge in [-0.25, -0.2) is 0 Å². The van der Waals surface area contributed by atoms with Crippen molar-refractivity contribution in [2.24, 2.45) is 5.41 Å². The molecule has 1 atom stereocenters. The highest BCUT2D eigenvalue weighted by Crippen LogP contribution is 2.28. The topological polar surface area (TPSA) is 15.3 Å². The molecule has 2 nitrogen and oxygen atoms in total. The summed E-state index contributed by atoms with van der Waals surface area (Å²) in [5, 5.41) is 3.70. The van der Waals surface area contributed by atoms with Crippen LogP contribution in [-0.4, -0.2) is 47.6 Å². The molecule has 0 amide bonds. The fraction of sp³-hybridized carbons (Fsp3) is 1.00. The van der Waals surface area contributed by atoms with E-state index in [9.17, 15) is 0 Å². The lowest BCUT2D eigenvalue weighted by molar-refractivity contribution is 0.0336. The van der Waals surface area contributed by atoms with Gasteiger partial charge in [0.1, 0.15) is 0 Å². The molecule has 1 heterocycles. The number of hydrogen-bond donors (Lipinski definition) is 1. The van der Waals surface area contributed by atoms with E-state index in [0.717, 1.165) is 6.54 Å². The summed E-state index contributed by atoms with van der Waals surface area (Å²) in [4.78, 5) is 2.72. The lowest BCUT2D eigenvalue weighted by atomic mass is 9.82. The number of piperazine rings is 1. The van der Waals surface area contributed by atoms with Gasteiger partial charge in [0, 0.05) is 24.7 Å². The summed E-state index contributed by atoms with van der Waals surface area (Å²) in [6.07, 6.45) is 1.32. The highest BCUT2D eigenvalue weighted by Gasteiger charge is 2.37. The van der Waals surface area contributed by atoms with Crippen molar-refractivity contribution in [3.05, 3.63) is 0 Å². The van der Waals surface area contributed by atoms with Crippen LogP contribution in [0.3, 0.4) is 0 Å². The number of nitrogens with zero attached hydrogens (tertiary/aromatic N) is 1. The van der Waals surface area contributed by atoms with Gasteiger partial charge in [-0.05, 0) is 43.7 Å². The van der Waals surface area contributed by atoms with Crippen LogP contribution in [0.25, 0.3) is 0 Å². The normalized spacial score (nSPS) is 25.3. The van der Waals surface area contributed by atoms with Crippen LogP contribution in [0.5, 0.6) is 0 Å². The van der Waals surface area contributed by atoms with E-state index in [1.165, 1.54) is 31.0 Å². The minimum atomic E-state index is 0.264. The molecule has 1 fully saturated rings. The predicted molar refractivity (Wildman–Crippen MR) is 84.5 cm³/mol. The molecule has 1 aliphatic heterocycles. The molecule has 108 valence electrons. The average molecular weight is 273 g/mol. The van der Waals surface area contributed by atoms with E-state index in [1.807, 2.05) is 0 Å². The van der Waals surface area contributed by atoms with Gasteiger partial charge in [0.25, 0.3) is 0 Å². The van der Waals surface area contributed by atoms with Crippen molar-refractivity contribution in [2.45, 2.75) is 59.5 Å². The van der Waals surface area contributed by atoms with Gasteiger partial charge in [-0.3, -0.25) is 4.90 Å². The van der Waals surface area contributed by atoms with Crippen molar-refractivity contribution in [3.8, 4) is 0 Å². The van der Waals surface area contributed by atoms with Crippen LogP contribution >= 0.6 is 11.8 Å². The van der Waals surface area contributed by atoms with E-state index in [-0.39, 0.29) is 5.54 Å². The minimum absolute atomic E-state index is 0.264. The second-order valence-corrected chi connectivity index (χ2v) is 8.56. The van der Waals surface area contributed by atoms with Gasteiger partial charge >= 0.3 is 0 Å². The van der Waals surface area contributed by atoms with Crippen molar-refractivity contribution in [1.29, 1.82) is 0 Å². The van der Waals surface area contributed by atoms with Gasteiger partial charge in [-0.1, -0.05) is 27.7 Å². The van der Waals surface area contributed by atoms with Crippen LogP contribution in [0.2, 0.25) is 0 Å². The van der Waals surface area contributed by atoms with Crippen molar-refractivity contribution in [2.75, 3.05) is 31.1 Å². The molecular formula is C15H32N2S. The zero-order valence-electron chi connectivity index (χ0n) is 13.2. The largest absolute Gasteiger partial charge is 0.309 e. The van der Waals surface area contributed by atoms with E-state index in [0.29, 0.717) is 11.5 Å². The fourth-order valence-corrected chi connectivity index (χ4v) is 3.40. The summed E-state index contributed by atoms with van der Waals surface area (Å²) >= 11 is 2.06. The SMILES string of the molecule is CCSCCCN1CC(C)(C)NCC1C(C)(C)C. The molecule has 0 aromatic rings. The van der Waals surface area contributed by atoms with Crippen LogP contribution in [-0.2, 0) is 0 Å². The zero-order chi connectivity index (χ0) is 13.8. The van der Waals surface area contributed by atoms with E-state index in [1.54, 1.807) is 0 Å². The highest BCUT2D eigenvalue weighted by molar-refractivity contribution is 7.99. The van der Waals surface area contributed by atoms with Gasteiger partial charge in [-0.2, -0.15) is 11.8 Å². The Balaban J connectivity index is 2.55. The van der Waals surface area contributed by atoms with Crippen LogP contribution < -0.4 is 5.32 Å². The van der Waals surface area contributed by atoms with E-state index < -0.39 is 0 Å². The lowest BCUT2D eigenvalue weighted by Crippen LogP contribution is -2.64. The Labute approximate surface area is 118 Å². The molecule has 1 unspecified atom stereocenters. The molecule has 1 aliphatic rings. The molecule has 0 aliphatic carbocycles. The van der Waals surface area contributed by atoms with Crippen molar-refractivity contribution < 1.29 is 0 Å². The Kier molecular flexibility index (Phi) is 6.01. The first-order valence-electron chi connectivity index (χ1n) is 7.33. The van der Waals surface area contributed by atoms with E-state index >= 15 is 0 Å². The summed E-state index contributed by atoms with van der Waals surface area (Å²) in [5.41, 5.74) is 0.626. The number of nitrogens with one attached hydrogen (secondary N) is 1. The first-order valence-corrected chi connectivity index (χ1v) is 8.48. The van der Waals surface area contributed by atoms with Gasteiger partial charge in [0.05, 0.1) is 0 Å². The monoisotopic (exact) mass is 272 g/mol. The number of hydrogen-bond acceptors (Lipinski definition) is 3. The molecule has 3 heteroatoms. The van der Waals surface area contributed by atoms with Gasteiger partial charge < -0.3 is 5.32 Å². The molecule has 18 heavy (non-hydrogen) atoms. The van der Waals surface area contributed by atoms with Crippen LogP contribution in [0, 0.1) is 5.41 Å². The van der Waals surface area contributed by atoms with E-state index in [4.69, 9.17) is 0 Å². The maximum Gasteiger partial charge on any atom is 0.0270 e. The van der Waals surface area contributed by atoms with Gasteiger partial charge in [-0.15, -0.1) is 0 Å². The van der Waals surface area contributed by atoms with Crippen LogP contribution in [0.4, 0.5) is 0 Å². The summed E-state index contributed by atoms with van der Waals surface area (Å²) in [6.45, 7) is 17.5. The summed E-state index contributed by atoms with van der Waals surface area (Å²) < 4.78 is 0. The molecule has 0 radical (unpaired) electrons. The Hall–Kier alpha value is 0.270. The van der Waals surface area contributed by atoms with Crippen LogP contribution in [0.15, 0.2) is 0 Å². The predicted octanol–water partition coefficient (Wildman–Crippen LogP) is 3.23. The quantitative estimate of drug-likeness (QED) is 0.774. The van der Waals surface area contributed by atoms with Crippen LogP contribution in [0.1, 0.15) is 48.0 Å². The van der Waals surface area contributed by atoms with Crippen molar-refractivity contribution in [3.63, 3.8) is 0 Å². The molecule has 0 aromatic carbocycles. The van der Waals surface area contributed by atoms with Gasteiger partial charge in [0.2, 0.25) is 0 Å². The zero-order valence-corrected chi connectivity index (χ0v) is 14.0. The molecular weight excluding hydrogens is 240 g/mol. The smallest absolute Gasteiger partial charge is 0.0270 e. The molecule has 1 N–H and O–H groups in total. The first-order chi connectivity index (χ1) is 8.26. The Bertz CT molecular complexity index is 245. The minimum Gasteiger partial charge on any atom is -0.309 e. The summed E-state index contributed by atoms with van der Waals surface area (Å²) in [5.74, 6) is 2.55. The van der Waals surface area contributed by atoms with Gasteiger partial charge in [0.15, 0.2) is 0 Å². The lowest BCUT2D eigenvalue weighted by Gasteiger charge is -2.49. The number of rotatable bonds is 5.